The van der Waals surface area contributed by atoms with Gasteiger partial charge in [-0.2, -0.15) is 0 Å². The molecule has 13 nitrogen and oxygen atoms in total. The first-order valence-electron chi connectivity index (χ1n) is 13.5. The lowest BCUT2D eigenvalue weighted by molar-refractivity contribution is -0.147. The molecule has 13 heteroatoms. The van der Waals surface area contributed by atoms with E-state index in [1.807, 2.05) is 0 Å². The average molecular weight is 571 g/mol. The Labute approximate surface area is 232 Å². The van der Waals surface area contributed by atoms with Crippen molar-refractivity contribution in [3.63, 3.8) is 0 Å². The van der Waals surface area contributed by atoms with E-state index in [4.69, 9.17) is 52.1 Å². The smallest absolute Gasteiger partial charge is 0.305 e. The van der Waals surface area contributed by atoms with Gasteiger partial charge < -0.3 is 52.1 Å². The lowest BCUT2D eigenvalue weighted by Crippen LogP contribution is -2.15. The molecule has 0 aliphatic rings. The fourth-order valence-electron chi connectivity index (χ4n) is 2.70. The Hall–Kier alpha value is -1.42. The number of methoxy groups -OCH3 is 2. The molecule has 0 saturated heterocycles. The van der Waals surface area contributed by atoms with E-state index >= 15 is 0 Å². The molecule has 0 atom stereocenters. The summed E-state index contributed by atoms with van der Waals surface area (Å²) in [5, 5.41) is 0. The Morgan fingerprint density at radius 1 is 0.359 bits per heavy atom. The maximum atomic E-state index is 11.7. The number of hydrogen-bond acceptors (Lipinski definition) is 13. The van der Waals surface area contributed by atoms with Crippen LogP contribution in [0.25, 0.3) is 0 Å². The first-order chi connectivity index (χ1) is 19.2. The minimum atomic E-state index is -0.316. The van der Waals surface area contributed by atoms with Gasteiger partial charge in [0.05, 0.1) is 106 Å². The van der Waals surface area contributed by atoms with Gasteiger partial charge in [-0.15, -0.1) is 0 Å². The highest BCUT2D eigenvalue weighted by molar-refractivity contribution is 5.70. The molecule has 39 heavy (non-hydrogen) atoms. The molecule has 0 aromatic heterocycles. The minimum Gasteiger partial charge on any atom is -0.463 e. The number of hydrogen-bond donors (Lipinski definition) is 0. The average Bonchev–Trinajstić information content (AvgIpc) is 2.93. The van der Waals surface area contributed by atoms with Crippen molar-refractivity contribution in [2.75, 3.05) is 133 Å². The van der Waals surface area contributed by atoms with Crippen molar-refractivity contribution >= 4 is 11.9 Å². The summed E-state index contributed by atoms with van der Waals surface area (Å²) in [5.41, 5.74) is 0. The number of ether oxygens (including phenoxy) is 11. The predicted octanol–water partition coefficient (Wildman–Crippen LogP) is 1.04. The van der Waals surface area contributed by atoms with Crippen LogP contribution in [0.5, 0.6) is 0 Å². The first-order valence-corrected chi connectivity index (χ1v) is 13.5. The Bertz CT molecular complexity index is 522. The van der Waals surface area contributed by atoms with E-state index in [0.717, 1.165) is 0 Å². The predicted molar refractivity (Wildman–Crippen MR) is 140 cm³/mol. The van der Waals surface area contributed by atoms with Gasteiger partial charge in [0.2, 0.25) is 0 Å². The molecule has 0 aromatic rings. The summed E-state index contributed by atoms with van der Waals surface area (Å²) in [6.45, 7) is 7.91. The topological polar surface area (TPSA) is 136 Å². The van der Waals surface area contributed by atoms with Gasteiger partial charge in [0, 0.05) is 27.1 Å². The molecular weight excluding hydrogens is 520 g/mol. The molecule has 0 amide bonds. The van der Waals surface area contributed by atoms with Crippen LogP contribution in [-0.2, 0) is 61.7 Å². The van der Waals surface area contributed by atoms with Crippen LogP contribution in [0.1, 0.15) is 25.7 Å². The van der Waals surface area contributed by atoms with Crippen molar-refractivity contribution in [3.8, 4) is 0 Å². The van der Waals surface area contributed by atoms with Gasteiger partial charge in [0.1, 0.15) is 13.2 Å². The highest BCUT2D eigenvalue weighted by Gasteiger charge is 2.06. The van der Waals surface area contributed by atoms with Crippen LogP contribution in [-0.4, -0.2) is 145 Å². The van der Waals surface area contributed by atoms with E-state index in [1.165, 1.54) is 0 Å². The number of rotatable bonds is 32. The second kappa shape index (κ2) is 32.8. The zero-order valence-electron chi connectivity index (χ0n) is 23.9. The summed E-state index contributed by atoms with van der Waals surface area (Å²) in [5.74, 6) is -0.630. The van der Waals surface area contributed by atoms with Gasteiger partial charge in [-0.3, -0.25) is 9.59 Å². The second-order valence-electron chi connectivity index (χ2n) is 7.92. The van der Waals surface area contributed by atoms with Crippen LogP contribution in [0.15, 0.2) is 0 Å². The van der Waals surface area contributed by atoms with Crippen LogP contribution >= 0.6 is 0 Å². The Morgan fingerprint density at radius 2 is 0.590 bits per heavy atom. The van der Waals surface area contributed by atoms with Gasteiger partial charge in [-0.05, 0) is 12.8 Å². The molecule has 0 unspecified atom stereocenters. The fraction of sp³-hybridized carbons (Fsp3) is 0.923. The van der Waals surface area contributed by atoms with Crippen molar-refractivity contribution in [3.05, 3.63) is 0 Å². The Balaban J connectivity index is 3.26. The van der Waals surface area contributed by atoms with Crippen LogP contribution in [0.3, 0.4) is 0 Å². The molecule has 0 aliphatic heterocycles. The number of esters is 2. The molecule has 232 valence electrons. The van der Waals surface area contributed by atoms with E-state index in [2.05, 4.69) is 0 Å². The number of carbonyl (C=O) groups excluding carboxylic acids is 2. The van der Waals surface area contributed by atoms with E-state index in [1.54, 1.807) is 14.2 Å². The number of carbonyl (C=O) groups is 2. The summed E-state index contributed by atoms with van der Waals surface area (Å²) in [6.07, 6.45) is 1.59. The maximum Gasteiger partial charge on any atom is 0.305 e. The molecule has 0 heterocycles. The third-order valence-electron chi connectivity index (χ3n) is 4.72. The van der Waals surface area contributed by atoms with E-state index in [9.17, 15) is 9.59 Å². The maximum absolute atomic E-state index is 11.7. The Morgan fingerprint density at radius 3 is 0.846 bits per heavy atom. The lowest BCUT2D eigenvalue weighted by atomic mass is 10.2. The van der Waals surface area contributed by atoms with Crippen molar-refractivity contribution in [2.45, 2.75) is 25.7 Å². The Kier molecular flexibility index (Phi) is 31.6. The largest absolute Gasteiger partial charge is 0.463 e. The first kappa shape index (κ1) is 37.6. The molecule has 0 saturated carbocycles. The van der Waals surface area contributed by atoms with Crippen LogP contribution in [0, 0.1) is 0 Å². The molecule has 0 N–H and O–H groups in total. The molecular formula is C26H50O13. The summed E-state index contributed by atoms with van der Waals surface area (Å²) < 4.78 is 57.3. The standard InChI is InChI=1S/C26H50O13/c1-29-7-9-31-11-13-33-15-16-35-18-20-37-22-24-39-26(28)6-4-3-5-25(27)38-23-21-36-19-17-34-14-12-32-10-8-30-2/h3-24H2,1-2H3. The van der Waals surface area contributed by atoms with Gasteiger partial charge in [-0.1, -0.05) is 0 Å². The van der Waals surface area contributed by atoms with Gasteiger partial charge in [-0.25, -0.2) is 0 Å². The van der Waals surface area contributed by atoms with Crippen molar-refractivity contribution in [1.29, 1.82) is 0 Å². The van der Waals surface area contributed by atoms with Crippen LogP contribution < -0.4 is 0 Å². The molecule has 0 rings (SSSR count). The molecule has 0 aliphatic carbocycles. The summed E-state index contributed by atoms with van der Waals surface area (Å²) >= 11 is 0. The number of unbranched alkanes of at least 4 members (excludes halogenated alkanes) is 1. The SMILES string of the molecule is COCCOCCOCCOCCOCCOC(=O)CCCCC(=O)OCCOCCOCCOCCOC. The lowest BCUT2D eigenvalue weighted by Gasteiger charge is -2.08. The third kappa shape index (κ3) is 32.7. The summed E-state index contributed by atoms with van der Waals surface area (Å²) in [7, 11) is 3.25. The molecule has 0 bridgehead atoms. The van der Waals surface area contributed by atoms with Crippen LogP contribution in [0.4, 0.5) is 0 Å². The van der Waals surface area contributed by atoms with E-state index in [0.29, 0.717) is 119 Å². The highest BCUT2D eigenvalue weighted by Crippen LogP contribution is 2.03. The van der Waals surface area contributed by atoms with Gasteiger partial charge in [0.15, 0.2) is 0 Å². The molecule has 0 radical (unpaired) electrons. The normalized spacial score (nSPS) is 11.1. The third-order valence-corrected chi connectivity index (χ3v) is 4.72. The van der Waals surface area contributed by atoms with Crippen molar-refractivity contribution in [1.82, 2.24) is 0 Å². The van der Waals surface area contributed by atoms with E-state index in [-0.39, 0.29) is 38.0 Å². The summed E-state index contributed by atoms with van der Waals surface area (Å²) in [4.78, 5) is 23.4. The van der Waals surface area contributed by atoms with Crippen LogP contribution in [0.2, 0.25) is 0 Å². The molecule has 0 spiro atoms. The van der Waals surface area contributed by atoms with E-state index < -0.39 is 0 Å². The van der Waals surface area contributed by atoms with Crippen molar-refractivity contribution in [2.24, 2.45) is 0 Å². The van der Waals surface area contributed by atoms with Gasteiger partial charge >= 0.3 is 11.9 Å². The second-order valence-corrected chi connectivity index (χ2v) is 7.92. The molecule has 0 aromatic carbocycles. The quantitative estimate of drug-likeness (QED) is 0.0842. The van der Waals surface area contributed by atoms with Gasteiger partial charge in [0.25, 0.3) is 0 Å². The fourth-order valence-corrected chi connectivity index (χ4v) is 2.70. The minimum absolute atomic E-state index is 0.181. The monoisotopic (exact) mass is 570 g/mol. The van der Waals surface area contributed by atoms with Crippen molar-refractivity contribution < 1.29 is 61.7 Å². The zero-order valence-corrected chi connectivity index (χ0v) is 23.9. The highest BCUT2D eigenvalue weighted by atomic mass is 16.6. The summed E-state index contributed by atoms with van der Waals surface area (Å²) in [6, 6.07) is 0. The molecule has 0 fully saturated rings. The zero-order chi connectivity index (χ0) is 28.5.